The van der Waals surface area contributed by atoms with Crippen LogP contribution in [-0.2, 0) is 0 Å². The number of hydrogen-bond donors (Lipinski definition) is 2. The molecule has 5 heteroatoms. The van der Waals surface area contributed by atoms with Gasteiger partial charge in [-0.25, -0.2) is 0 Å². The van der Waals surface area contributed by atoms with Crippen LogP contribution in [0.15, 0.2) is 84.9 Å². The molecule has 0 aliphatic rings. The first kappa shape index (κ1) is 34.6. The molecule has 244 valence electrons. The highest BCUT2D eigenvalue weighted by Gasteiger charge is 2.21. The second kappa shape index (κ2) is 18.7. The Morgan fingerprint density at radius 2 is 0.891 bits per heavy atom. The average molecular weight is 623 g/mol. The van der Waals surface area contributed by atoms with E-state index < -0.39 is 0 Å². The lowest BCUT2D eigenvalue weighted by atomic mass is 9.89. The van der Waals surface area contributed by atoms with Crippen molar-refractivity contribution in [1.82, 2.24) is 0 Å². The predicted octanol–water partition coefficient (Wildman–Crippen LogP) is 11.1. The fourth-order valence-electron chi connectivity index (χ4n) is 5.78. The average Bonchev–Trinajstić information content (AvgIpc) is 3.07. The van der Waals surface area contributed by atoms with Gasteiger partial charge in [-0.05, 0) is 48.2 Å². The van der Waals surface area contributed by atoms with Crippen LogP contribution in [0.4, 0.5) is 0 Å². The van der Waals surface area contributed by atoms with Crippen molar-refractivity contribution in [3.8, 4) is 45.3 Å². The minimum atomic E-state index is -0.197. The molecule has 0 heterocycles. The molecule has 0 unspecified atom stereocenters. The van der Waals surface area contributed by atoms with E-state index in [1.165, 1.54) is 51.4 Å². The molecular weight excluding hydrogens is 572 g/mol. The van der Waals surface area contributed by atoms with Gasteiger partial charge in [0.05, 0.1) is 13.2 Å². The zero-order valence-corrected chi connectivity index (χ0v) is 27.6. The Balaban J connectivity index is 1.47. The first-order valence-corrected chi connectivity index (χ1v) is 17.2. The zero-order chi connectivity index (χ0) is 32.6. The number of benzene rings is 4. The van der Waals surface area contributed by atoms with Gasteiger partial charge in [0.1, 0.15) is 23.0 Å². The summed E-state index contributed by atoms with van der Waals surface area (Å²) in [5.74, 6) is 1.14. The molecule has 0 aliphatic carbocycles. The largest absolute Gasteiger partial charge is 0.507 e. The summed E-state index contributed by atoms with van der Waals surface area (Å²) in [6.07, 6.45) is 14.2. The van der Waals surface area contributed by atoms with Crippen molar-refractivity contribution in [2.75, 3.05) is 13.2 Å². The maximum Gasteiger partial charge on any atom is 0.194 e. The maximum absolute atomic E-state index is 14.1. The molecule has 0 bridgehead atoms. The molecule has 46 heavy (non-hydrogen) atoms. The van der Waals surface area contributed by atoms with E-state index in [-0.39, 0.29) is 17.3 Å². The lowest BCUT2D eigenvalue weighted by Gasteiger charge is -2.15. The number of phenols is 2. The van der Waals surface area contributed by atoms with Crippen LogP contribution < -0.4 is 9.47 Å². The van der Waals surface area contributed by atoms with Crippen molar-refractivity contribution in [1.29, 1.82) is 0 Å². The topological polar surface area (TPSA) is 76.0 Å². The number of ether oxygens (including phenoxy) is 2. The molecule has 0 saturated heterocycles. The normalized spacial score (nSPS) is 11.0. The zero-order valence-electron chi connectivity index (χ0n) is 27.6. The summed E-state index contributed by atoms with van der Waals surface area (Å²) in [4.78, 5) is 14.1. The highest BCUT2D eigenvalue weighted by atomic mass is 16.5. The Morgan fingerprint density at radius 1 is 0.500 bits per heavy atom. The van der Waals surface area contributed by atoms with Gasteiger partial charge in [0.25, 0.3) is 0 Å². The van der Waals surface area contributed by atoms with E-state index in [2.05, 4.69) is 13.8 Å². The number of phenolic OH excluding ortho intramolecular Hbond substituents is 2. The number of carbonyl (C=O) groups excluding carboxylic acids is 1. The van der Waals surface area contributed by atoms with Gasteiger partial charge in [-0.2, -0.15) is 0 Å². The van der Waals surface area contributed by atoms with E-state index in [1.54, 1.807) is 36.4 Å². The molecule has 4 aromatic carbocycles. The molecule has 0 aromatic heterocycles. The van der Waals surface area contributed by atoms with E-state index in [4.69, 9.17) is 9.47 Å². The van der Waals surface area contributed by atoms with Gasteiger partial charge in [-0.1, -0.05) is 127 Å². The third kappa shape index (κ3) is 9.87. The fraction of sp³-hybridized carbons (Fsp3) is 0.390. The van der Waals surface area contributed by atoms with Crippen LogP contribution in [0, 0.1) is 0 Å². The third-order valence-corrected chi connectivity index (χ3v) is 8.40. The van der Waals surface area contributed by atoms with Gasteiger partial charge in [0.2, 0.25) is 0 Å². The number of hydrogen-bond acceptors (Lipinski definition) is 5. The van der Waals surface area contributed by atoms with Gasteiger partial charge in [-0.15, -0.1) is 0 Å². The van der Waals surface area contributed by atoms with Crippen LogP contribution in [0.25, 0.3) is 22.3 Å². The molecule has 0 aliphatic heterocycles. The minimum Gasteiger partial charge on any atom is -0.507 e. The molecule has 0 saturated carbocycles. The molecule has 0 atom stereocenters. The van der Waals surface area contributed by atoms with Gasteiger partial charge in [-0.3, -0.25) is 4.79 Å². The van der Waals surface area contributed by atoms with Crippen molar-refractivity contribution in [3.05, 3.63) is 96.1 Å². The standard InChI is InChI=1S/C41H50O5/c1-3-5-7-9-11-17-27-45-31-23-25-35(39(42)29-31)33-19-13-15-21-37(33)41(44)38-22-16-14-20-34(38)36-26-24-32(30-40(36)43)46-28-18-12-10-8-6-4-2/h13-16,19-26,29-30,42-43H,3-12,17-18,27-28H2,1-2H3. The number of aromatic hydroxyl groups is 2. The van der Waals surface area contributed by atoms with E-state index in [0.717, 1.165) is 25.7 Å². The highest BCUT2D eigenvalue weighted by molar-refractivity contribution is 6.16. The van der Waals surface area contributed by atoms with Crippen molar-refractivity contribution < 1.29 is 24.5 Å². The summed E-state index contributed by atoms with van der Waals surface area (Å²) >= 11 is 0. The Bertz CT molecular complexity index is 1410. The van der Waals surface area contributed by atoms with Crippen molar-refractivity contribution in [2.45, 2.75) is 90.9 Å². The summed E-state index contributed by atoms with van der Waals surface area (Å²) in [5.41, 5.74) is 3.30. The van der Waals surface area contributed by atoms with Crippen LogP contribution in [0.1, 0.15) is 107 Å². The second-order valence-electron chi connectivity index (χ2n) is 12.0. The smallest absolute Gasteiger partial charge is 0.194 e. The summed E-state index contributed by atoms with van der Waals surface area (Å²) in [6, 6.07) is 25.1. The highest BCUT2D eigenvalue weighted by Crippen LogP contribution is 2.38. The summed E-state index contributed by atoms with van der Waals surface area (Å²) in [7, 11) is 0. The van der Waals surface area contributed by atoms with Crippen LogP contribution in [-0.4, -0.2) is 29.2 Å². The predicted molar refractivity (Wildman–Crippen MR) is 188 cm³/mol. The first-order valence-electron chi connectivity index (χ1n) is 17.2. The minimum absolute atomic E-state index is 0.0585. The molecule has 5 nitrogen and oxygen atoms in total. The van der Waals surface area contributed by atoms with Crippen molar-refractivity contribution in [3.63, 3.8) is 0 Å². The molecular formula is C41H50O5. The molecule has 0 spiro atoms. The van der Waals surface area contributed by atoms with E-state index in [1.807, 2.05) is 48.5 Å². The van der Waals surface area contributed by atoms with Crippen molar-refractivity contribution >= 4 is 5.78 Å². The Kier molecular flexibility index (Phi) is 14.0. The SMILES string of the molecule is CCCCCCCCOc1ccc(-c2ccccc2C(=O)c2ccccc2-c2ccc(OCCCCCCCC)cc2O)c(O)c1. The molecule has 0 amide bonds. The van der Waals surface area contributed by atoms with Crippen LogP contribution in [0.3, 0.4) is 0 Å². The van der Waals surface area contributed by atoms with E-state index in [9.17, 15) is 15.0 Å². The number of unbranched alkanes of at least 4 members (excludes halogenated alkanes) is 10. The van der Waals surface area contributed by atoms with E-state index in [0.29, 0.717) is 58.1 Å². The molecule has 2 N–H and O–H groups in total. The lowest BCUT2D eigenvalue weighted by Crippen LogP contribution is -2.06. The summed E-state index contributed by atoms with van der Waals surface area (Å²) in [5, 5.41) is 22.0. The van der Waals surface area contributed by atoms with Gasteiger partial charge >= 0.3 is 0 Å². The summed E-state index contributed by atoms with van der Waals surface area (Å²) in [6.45, 7) is 5.64. The van der Waals surface area contributed by atoms with Crippen LogP contribution in [0.2, 0.25) is 0 Å². The summed E-state index contributed by atoms with van der Waals surface area (Å²) < 4.78 is 11.8. The molecule has 0 radical (unpaired) electrons. The Labute approximate surface area is 275 Å². The molecule has 4 rings (SSSR count). The Hall–Kier alpha value is -4.25. The van der Waals surface area contributed by atoms with Crippen molar-refractivity contribution in [2.24, 2.45) is 0 Å². The molecule has 0 fully saturated rings. The maximum atomic E-state index is 14.1. The van der Waals surface area contributed by atoms with Crippen LogP contribution >= 0.6 is 0 Å². The second-order valence-corrected chi connectivity index (χ2v) is 12.0. The van der Waals surface area contributed by atoms with Gasteiger partial charge in [0.15, 0.2) is 5.78 Å². The monoisotopic (exact) mass is 622 g/mol. The van der Waals surface area contributed by atoms with E-state index >= 15 is 0 Å². The third-order valence-electron chi connectivity index (χ3n) is 8.40. The quantitative estimate of drug-likeness (QED) is 0.0757. The fourth-order valence-corrected chi connectivity index (χ4v) is 5.78. The van der Waals surface area contributed by atoms with Gasteiger partial charge in [0, 0.05) is 34.4 Å². The van der Waals surface area contributed by atoms with Gasteiger partial charge < -0.3 is 19.7 Å². The first-order chi connectivity index (χ1) is 22.5. The number of ketones is 1. The number of carbonyl (C=O) groups is 1. The Morgan fingerprint density at radius 3 is 1.30 bits per heavy atom. The molecule has 4 aromatic rings. The lowest BCUT2D eigenvalue weighted by molar-refractivity contribution is 0.104. The number of rotatable bonds is 20. The van der Waals surface area contributed by atoms with Crippen LogP contribution in [0.5, 0.6) is 23.0 Å².